The summed E-state index contributed by atoms with van der Waals surface area (Å²) >= 11 is 3.39. The molecule has 0 heterocycles. The molecule has 0 aliphatic carbocycles. The molecule has 0 atom stereocenters. The van der Waals surface area contributed by atoms with Crippen molar-refractivity contribution < 1.29 is 19.6 Å². The van der Waals surface area contributed by atoms with Gasteiger partial charge in [-0.2, -0.15) is 5.10 Å². The molecule has 0 spiro atoms. The summed E-state index contributed by atoms with van der Waals surface area (Å²) < 4.78 is 6.45. The highest BCUT2D eigenvalue weighted by Gasteiger charge is 2.13. The zero-order valence-corrected chi connectivity index (χ0v) is 15.6. The molecule has 0 fully saturated rings. The molecule has 0 unspecified atom stereocenters. The van der Waals surface area contributed by atoms with Crippen LogP contribution in [0.2, 0.25) is 0 Å². The van der Waals surface area contributed by atoms with Crippen molar-refractivity contribution >= 4 is 33.7 Å². The summed E-state index contributed by atoms with van der Waals surface area (Å²) in [4.78, 5) is 21.9. The average molecular weight is 422 g/mol. The fourth-order valence-corrected chi connectivity index (χ4v) is 2.93. The molecule has 0 aliphatic heterocycles. The molecule has 8 nitrogen and oxygen atoms in total. The molecular formula is C17H16BrN3O5. The number of carbonyl (C=O) groups excluding carboxylic acids is 1. The van der Waals surface area contributed by atoms with E-state index in [0.29, 0.717) is 11.3 Å². The largest absolute Gasteiger partial charge is 0.502 e. The molecule has 136 valence electrons. The molecule has 0 aromatic heterocycles. The van der Waals surface area contributed by atoms with E-state index in [4.69, 9.17) is 4.74 Å². The SMILES string of the molecule is Cc1cc(Br)cc(C)c1OCC(=O)N/N=C\c1ccc(O)c([N+](=O)[O-])c1. The van der Waals surface area contributed by atoms with Crippen LogP contribution in [-0.2, 0) is 4.79 Å². The second kappa shape index (κ2) is 8.43. The molecule has 0 saturated carbocycles. The highest BCUT2D eigenvalue weighted by molar-refractivity contribution is 9.10. The van der Waals surface area contributed by atoms with E-state index in [-0.39, 0.29) is 6.61 Å². The number of carbonyl (C=O) groups is 1. The number of halogens is 1. The maximum absolute atomic E-state index is 11.8. The van der Waals surface area contributed by atoms with Gasteiger partial charge in [-0.25, -0.2) is 5.43 Å². The molecule has 2 rings (SSSR count). The van der Waals surface area contributed by atoms with Crippen molar-refractivity contribution in [3.05, 3.63) is 61.6 Å². The number of hydrogen-bond acceptors (Lipinski definition) is 6. The summed E-state index contributed by atoms with van der Waals surface area (Å²) in [5, 5.41) is 23.9. The topological polar surface area (TPSA) is 114 Å². The number of aromatic hydroxyl groups is 1. The van der Waals surface area contributed by atoms with E-state index in [1.165, 1.54) is 18.3 Å². The molecule has 2 aromatic rings. The van der Waals surface area contributed by atoms with Crippen molar-refractivity contribution in [2.45, 2.75) is 13.8 Å². The normalized spacial score (nSPS) is 10.7. The quantitative estimate of drug-likeness (QED) is 0.422. The Hall–Kier alpha value is -2.94. The molecule has 0 bridgehead atoms. The first-order valence-electron chi connectivity index (χ1n) is 7.47. The van der Waals surface area contributed by atoms with Crippen molar-refractivity contribution in [1.82, 2.24) is 5.43 Å². The maximum atomic E-state index is 11.8. The van der Waals surface area contributed by atoms with Crippen LogP contribution >= 0.6 is 15.9 Å². The van der Waals surface area contributed by atoms with Crippen LogP contribution < -0.4 is 10.2 Å². The highest BCUT2D eigenvalue weighted by atomic mass is 79.9. The van der Waals surface area contributed by atoms with Gasteiger partial charge < -0.3 is 9.84 Å². The summed E-state index contributed by atoms with van der Waals surface area (Å²) in [7, 11) is 0. The monoisotopic (exact) mass is 421 g/mol. The van der Waals surface area contributed by atoms with Crippen LogP contribution in [0.4, 0.5) is 5.69 Å². The fraction of sp³-hybridized carbons (Fsp3) is 0.176. The van der Waals surface area contributed by atoms with Crippen LogP contribution in [0, 0.1) is 24.0 Å². The number of aryl methyl sites for hydroxylation is 2. The van der Waals surface area contributed by atoms with Crippen LogP contribution in [0.1, 0.15) is 16.7 Å². The smallest absolute Gasteiger partial charge is 0.311 e. The Morgan fingerprint density at radius 2 is 2.00 bits per heavy atom. The third kappa shape index (κ3) is 5.03. The summed E-state index contributed by atoms with van der Waals surface area (Å²) in [5.41, 5.74) is 3.98. The summed E-state index contributed by atoms with van der Waals surface area (Å²) in [5.74, 6) is -0.289. The van der Waals surface area contributed by atoms with E-state index in [1.54, 1.807) is 0 Å². The second-order valence-electron chi connectivity index (χ2n) is 5.46. The number of phenolic OH excluding ortho intramolecular Hbond substituents is 1. The van der Waals surface area contributed by atoms with Crippen LogP contribution in [-0.4, -0.2) is 28.8 Å². The molecule has 9 heteroatoms. The number of nitrogens with one attached hydrogen (secondary N) is 1. The van der Waals surface area contributed by atoms with E-state index in [0.717, 1.165) is 21.7 Å². The van der Waals surface area contributed by atoms with Crippen LogP contribution in [0.15, 0.2) is 39.9 Å². The molecule has 1 amide bonds. The number of nitro benzene ring substituents is 1. The number of phenols is 1. The molecular weight excluding hydrogens is 406 g/mol. The van der Waals surface area contributed by atoms with E-state index >= 15 is 0 Å². The van der Waals surface area contributed by atoms with Crippen LogP contribution in [0.3, 0.4) is 0 Å². The lowest BCUT2D eigenvalue weighted by Gasteiger charge is -2.11. The van der Waals surface area contributed by atoms with Gasteiger partial charge in [0.1, 0.15) is 5.75 Å². The Labute approximate surface area is 157 Å². The molecule has 26 heavy (non-hydrogen) atoms. The average Bonchev–Trinajstić information content (AvgIpc) is 2.55. The van der Waals surface area contributed by atoms with Gasteiger partial charge in [0.05, 0.1) is 11.1 Å². The molecule has 2 N–H and O–H groups in total. The first-order valence-corrected chi connectivity index (χ1v) is 8.26. The standard InChI is InChI=1S/C17H16BrN3O5/c1-10-5-13(18)6-11(2)17(10)26-9-16(23)20-19-8-12-3-4-15(22)14(7-12)21(24)25/h3-8,22H,9H2,1-2H3,(H,20,23)/b19-8-. The molecule has 0 saturated heterocycles. The number of hydrogen-bond donors (Lipinski definition) is 2. The number of nitrogens with zero attached hydrogens (tertiary/aromatic N) is 2. The Kier molecular flexibility index (Phi) is 6.29. The van der Waals surface area contributed by atoms with Gasteiger partial charge in [-0.1, -0.05) is 15.9 Å². The first-order chi connectivity index (χ1) is 12.3. The Bertz CT molecular complexity index is 860. The minimum atomic E-state index is -0.706. The molecule has 0 radical (unpaired) electrons. The Balaban J connectivity index is 1.94. The van der Waals surface area contributed by atoms with Gasteiger partial charge in [0.15, 0.2) is 12.4 Å². The zero-order chi connectivity index (χ0) is 19.3. The third-order valence-electron chi connectivity index (χ3n) is 3.37. The number of ether oxygens (including phenoxy) is 1. The Morgan fingerprint density at radius 1 is 1.35 bits per heavy atom. The fourth-order valence-electron chi connectivity index (χ4n) is 2.24. The van der Waals surface area contributed by atoms with Gasteiger partial charge in [0, 0.05) is 16.1 Å². The van der Waals surface area contributed by atoms with Gasteiger partial charge in [-0.3, -0.25) is 14.9 Å². The lowest BCUT2D eigenvalue weighted by molar-refractivity contribution is -0.385. The van der Waals surface area contributed by atoms with Gasteiger partial charge >= 0.3 is 5.69 Å². The third-order valence-corrected chi connectivity index (χ3v) is 3.83. The van der Waals surface area contributed by atoms with Crippen molar-refractivity contribution in [1.29, 1.82) is 0 Å². The van der Waals surface area contributed by atoms with E-state index in [1.807, 2.05) is 26.0 Å². The van der Waals surface area contributed by atoms with E-state index < -0.39 is 22.3 Å². The van der Waals surface area contributed by atoms with Gasteiger partial charge in [-0.15, -0.1) is 0 Å². The first kappa shape index (κ1) is 19.4. The minimum absolute atomic E-state index is 0.226. The number of nitro groups is 1. The number of benzene rings is 2. The highest BCUT2D eigenvalue weighted by Crippen LogP contribution is 2.27. The number of rotatable bonds is 6. The predicted octanol–water partition coefficient (Wildman–Crippen LogP) is 3.21. The summed E-state index contributed by atoms with van der Waals surface area (Å²) in [6.07, 6.45) is 1.24. The van der Waals surface area contributed by atoms with Crippen LogP contribution in [0.5, 0.6) is 11.5 Å². The lowest BCUT2D eigenvalue weighted by atomic mass is 10.1. The van der Waals surface area contributed by atoms with Crippen molar-refractivity contribution in [3.8, 4) is 11.5 Å². The zero-order valence-electron chi connectivity index (χ0n) is 14.0. The minimum Gasteiger partial charge on any atom is -0.502 e. The van der Waals surface area contributed by atoms with Crippen molar-refractivity contribution in [2.75, 3.05) is 6.61 Å². The second-order valence-corrected chi connectivity index (χ2v) is 6.37. The van der Waals surface area contributed by atoms with E-state index in [2.05, 4.69) is 26.5 Å². The lowest BCUT2D eigenvalue weighted by Crippen LogP contribution is -2.25. The number of amides is 1. The van der Waals surface area contributed by atoms with E-state index in [9.17, 15) is 20.0 Å². The maximum Gasteiger partial charge on any atom is 0.311 e. The number of hydrazone groups is 1. The molecule has 2 aromatic carbocycles. The summed E-state index contributed by atoms with van der Waals surface area (Å²) in [6.45, 7) is 3.53. The van der Waals surface area contributed by atoms with Crippen molar-refractivity contribution in [2.24, 2.45) is 5.10 Å². The van der Waals surface area contributed by atoms with Gasteiger partial charge in [-0.05, 0) is 49.2 Å². The molecule has 0 aliphatic rings. The van der Waals surface area contributed by atoms with Gasteiger partial charge in [0.2, 0.25) is 0 Å². The van der Waals surface area contributed by atoms with Crippen molar-refractivity contribution in [3.63, 3.8) is 0 Å². The summed E-state index contributed by atoms with van der Waals surface area (Å²) in [6, 6.07) is 7.54. The Morgan fingerprint density at radius 3 is 2.62 bits per heavy atom. The van der Waals surface area contributed by atoms with Gasteiger partial charge in [0.25, 0.3) is 5.91 Å². The predicted molar refractivity (Wildman–Crippen MR) is 99.6 cm³/mol. The van der Waals surface area contributed by atoms with Crippen LogP contribution in [0.25, 0.3) is 0 Å².